The molecule has 2 heterocycles. The summed E-state index contributed by atoms with van der Waals surface area (Å²) in [6.07, 6.45) is 4.81. The molecule has 0 bridgehead atoms. The second kappa shape index (κ2) is 5.05. The molecule has 1 aliphatic carbocycles. The Hall–Kier alpha value is -1.62. The van der Waals surface area contributed by atoms with Gasteiger partial charge in [-0.2, -0.15) is 0 Å². The predicted molar refractivity (Wildman–Crippen MR) is 77.0 cm³/mol. The molecule has 106 valence electrons. The molecule has 1 fully saturated rings. The lowest BCUT2D eigenvalue weighted by atomic mass is 10.2. The molecular weight excluding hydrogens is 276 g/mol. The third-order valence-corrected chi connectivity index (χ3v) is 4.01. The van der Waals surface area contributed by atoms with E-state index < -0.39 is 0 Å². The second-order valence-corrected chi connectivity index (χ2v) is 5.70. The van der Waals surface area contributed by atoms with Gasteiger partial charge >= 0.3 is 0 Å². The van der Waals surface area contributed by atoms with Crippen molar-refractivity contribution in [2.45, 2.75) is 39.2 Å². The molecule has 1 N–H and O–H groups in total. The quantitative estimate of drug-likeness (QED) is 0.881. The fraction of sp³-hybridized carbons (Fsp3) is 0.500. The molecule has 3 rings (SSSR count). The first-order chi connectivity index (χ1) is 9.60. The van der Waals surface area contributed by atoms with Gasteiger partial charge in [0.1, 0.15) is 11.5 Å². The summed E-state index contributed by atoms with van der Waals surface area (Å²) in [7, 11) is 0. The lowest BCUT2D eigenvalue weighted by Gasteiger charge is -2.11. The molecule has 1 atom stereocenters. The largest absolute Gasteiger partial charge is 0.348 e. The zero-order valence-corrected chi connectivity index (χ0v) is 12.3. The number of hydrogen-bond donors (Lipinski definition) is 1. The van der Waals surface area contributed by atoms with Crippen molar-refractivity contribution in [3.05, 3.63) is 28.9 Å². The van der Waals surface area contributed by atoms with Crippen molar-refractivity contribution >= 4 is 23.2 Å². The summed E-state index contributed by atoms with van der Waals surface area (Å²) in [5.74, 6) is 0.430. The zero-order chi connectivity index (χ0) is 14.3. The standard InChI is InChI=1S/C14H17ClN4O/c1-3-10-6-11(15)18-13-12(16-7-19(10)13)14(20)17-8(2)9-4-5-9/h6-9H,3-5H2,1-2H3,(H,17,20). The average Bonchev–Trinajstić information content (AvgIpc) is 3.18. The Morgan fingerprint density at radius 3 is 3.00 bits per heavy atom. The van der Waals surface area contributed by atoms with Crippen LogP contribution in [-0.4, -0.2) is 26.3 Å². The van der Waals surface area contributed by atoms with Gasteiger partial charge in [-0.3, -0.25) is 9.20 Å². The molecule has 2 aromatic heterocycles. The van der Waals surface area contributed by atoms with Crippen LogP contribution < -0.4 is 5.32 Å². The molecule has 6 heteroatoms. The first kappa shape index (κ1) is 13.4. The molecule has 0 saturated heterocycles. The average molecular weight is 293 g/mol. The van der Waals surface area contributed by atoms with Crippen LogP contribution in [0.1, 0.15) is 42.9 Å². The summed E-state index contributed by atoms with van der Waals surface area (Å²) in [6.45, 7) is 4.06. The third-order valence-electron chi connectivity index (χ3n) is 3.82. The molecule has 1 saturated carbocycles. The van der Waals surface area contributed by atoms with E-state index in [4.69, 9.17) is 11.6 Å². The number of nitrogens with zero attached hydrogens (tertiary/aromatic N) is 3. The van der Waals surface area contributed by atoms with E-state index in [1.165, 1.54) is 12.8 Å². The summed E-state index contributed by atoms with van der Waals surface area (Å²) in [5.41, 5.74) is 1.85. The van der Waals surface area contributed by atoms with Crippen LogP contribution in [-0.2, 0) is 6.42 Å². The number of rotatable bonds is 4. The van der Waals surface area contributed by atoms with Gasteiger partial charge in [-0.15, -0.1) is 0 Å². The molecule has 20 heavy (non-hydrogen) atoms. The summed E-state index contributed by atoms with van der Waals surface area (Å²) >= 11 is 6.02. The highest BCUT2D eigenvalue weighted by atomic mass is 35.5. The zero-order valence-electron chi connectivity index (χ0n) is 11.6. The molecule has 1 amide bonds. The van der Waals surface area contributed by atoms with Crippen molar-refractivity contribution in [1.82, 2.24) is 19.7 Å². The van der Waals surface area contributed by atoms with Crippen LogP contribution in [0.3, 0.4) is 0 Å². The lowest BCUT2D eigenvalue weighted by molar-refractivity contribution is 0.0933. The van der Waals surface area contributed by atoms with E-state index in [0.29, 0.717) is 22.4 Å². The number of aryl methyl sites for hydroxylation is 1. The Labute approximate surface area is 122 Å². The monoisotopic (exact) mass is 292 g/mol. The molecule has 1 unspecified atom stereocenters. The number of aromatic nitrogens is 3. The van der Waals surface area contributed by atoms with Crippen LogP contribution in [0.15, 0.2) is 12.4 Å². The Morgan fingerprint density at radius 2 is 2.35 bits per heavy atom. The maximum Gasteiger partial charge on any atom is 0.274 e. The normalized spacial score (nSPS) is 16.4. The minimum atomic E-state index is -0.177. The van der Waals surface area contributed by atoms with E-state index >= 15 is 0 Å². The van der Waals surface area contributed by atoms with Gasteiger partial charge in [-0.1, -0.05) is 18.5 Å². The number of amides is 1. The van der Waals surface area contributed by atoms with Gasteiger partial charge in [-0.05, 0) is 38.2 Å². The van der Waals surface area contributed by atoms with Gasteiger partial charge in [0.15, 0.2) is 11.3 Å². The summed E-state index contributed by atoms with van der Waals surface area (Å²) in [6, 6.07) is 1.98. The van der Waals surface area contributed by atoms with E-state index in [9.17, 15) is 4.79 Å². The minimum Gasteiger partial charge on any atom is -0.348 e. The van der Waals surface area contributed by atoms with Gasteiger partial charge in [0.2, 0.25) is 0 Å². The molecule has 0 aliphatic heterocycles. The molecule has 1 aliphatic rings. The summed E-state index contributed by atoms with van der Waals surface area (Å²) in [5, 5.41) is 3.38. The van der Waals surface area contributed by atoms with Crippen molar-refractivity contribution in [3.8, 4) is 0 Å². The van der Waals surface area contributed by atoms with Crippen molar-refractivity contribution in [2.75, 3.05) is 0 Å². The van der Waals surface area contributed by atoms with Gasteiger partial charge in [0, 0.05) is 11.7 Å². The minimum absolute atomic E-state index is 0.177. The molecule has 2 aromatic rings. The van der Waals surface area contributed by atoms with Crippen molar-refractivity contribution in [2.24, 2.45) is 5.92 Å². The van der Waals surface area contributed by atoms with Gasteiger partial charge < -0.3 is 5.32 Å². The number of imidazole rings is 1. The van der Waals surface area contributed by atoms with E-state index in [2.05, 4.69) is 15.3 Å². The van der Waals surface area contributed by atoms with Crippen molar-refractivity contribution < 1.29 is 4.79 Å². The van der Waals surface area contributed by atoms with Gasteiger partial charge in [0.05, 0.1) is 0 Å². The van der Waals surface area contributed by atoms with Crippen molar-refractivity contribution in [3.63, 3.8) is 0 Å². The lowest BCUT2D eigenvalue weighted by Crippen LogP contribution is -2.34. The van der Waals surface area contributed by atoms with E-state index in [1.54, 1.807) is 12.4 Å². The molecule has 0 spiro atoms. The highest BCUT2D eigenvalue weighted by molar-refractivity contribution is 6.29. The second-order valence-electron chi connectivity index (χ2n) is 5.31. The Bertz CT molecular complexity index is 662. The molecular formula is C14H17ClN4O. The van der Waals surface area contributed by atoms with Crippen LogP contribution in [0, 0.1) is 5.92 Å². The van der Waals surface area contributed by atoms with Crippen LogP contribution >= 0.6 is 11.6 Å². The number of carbonyl (C=O) groups excluding carboxylic acids is 1. The Balaban J connectivity index is 1.94. The molecule has 0 radical (unpaired) electrons. The predicted octanol–water partition coefficient (Wildman–Crippen LogP) is 2.47. The summed E-state index contributed by atoms with van der Waals surface area (Å²) < 4.78 is 1.82. The Kier molecular flexibility index (Phi) is 3.38. The maximum absolute atomic E-state index is 12.3. The highest BCUT2D eigenvalue weighted by Crippen LogP contribution is 2.32. The number of hydrogen-bond acceptors (Lipinski definition) is 3. The maximum atomic E-state index is 12.3. The van der Waals surface area contributed by atoms with Crippen LogP contribution in [0.25, 0.3) is 5.65 Å². The smallest absolute Gasteiger partial charge is 0.274 e. The van der Waals surface area contributed by atoms with Crippen LogP contribution in [0.4, 0.5) is 0 Å². The first-order valence-electron chi connectivity index (χ1n) is 6.93. The number of halogens is 1. The fourth-order valence-electron chi connectivity index (χ4n) is 2.42. The third kappa shape index (κ3) is 2.38. The van der Waals surface area contributed by atoms with E-state index in [-0.39, 0.29) is 11.9 Å². The first-order valence-corrected chi connectivity index (χ1v) is 7.31. The highest BCUT2D eigenvalue weighted by Gasteiger charge is 2.30. The number of fused-ring (bicyclic) bond motifs is 1. The van der Waals surface area contributed by atoms with Gasteiger partial charge in [0.25, 0.3) is 5.91 Å². The number of carbonyl (C=O) groups is 1. The number of nitrogens with one attached hydrogen (secondary N) is 1. The van der Waals surface area contributed by atoms with Crippen LogP contribution in [0.5, 0.6) is 0 Å². The topological polar surface area (TPSA) is 59.3 Å². The summed E-state index contributed by atoms with van der Waals surface area (Å²) in [4.78, 5) is 20.7. The van der Waals surface area contributed by atoms with E-state index in [1.807, 2.05) is 18.2 Å². The Morgan fingerprint density at radius 1 is 1.60 bits per heavy atom. The fourth-order valence-corrected chi connectivity index (χ4v) is 2.63. The van der Waals surface area contributed by atoms with E-state index in [0.717, 1.165) is 12.1 Å². The molecule has 5 nitrogen and oxygen atoms in total. The van der Waals surface area contributed by atoms with Gasteiger partial charge in [-0.25, -0.2) is 9.97 Å². The van der Waals surface area contributed by atoms with Crippen molar-refractivity contribution in [1.29, 1.82) is 0 Å². The SMILES string of the molecule is CCc1cc(Cl)nc2c(C(=O)NC(C)C3CC3)ncn12. The van der Waals surface area contributed by atoms with Crippen LogP contribution in [0.2, 0.25) is 5.15 Å². The molecule has 0 aromatic carbocycles.